The van der Waals surface area contributed by atoms with Crippen LogP contribution in [0.5, 0.6) is 11.5 Å². The molecule has 1 aromatic heterocycles. The third-order valence-electron chi connectivity index (χ3n) is 3.62. The minimum atomic E-state index is -0.574. The van der Waals surface area contributed by atoms with Crippen LogP contribution in [0.1, 0.15) is 33.1 Å². The third-order valence-corrected chi connectivity index (χ3v) is 4.02. The van der Waals surface area contributed by atoms with Gasteiger partial charge in [-0.05, 0) is 25.5 Å². The van der Waals surface area contributed by atoms with Crippen LogP contribution < -0.4 is 14.8 Å². The van der Waals surface area contributed by atoms with Gasteiger partial charge in [0.05, 0.1) is 37.2 Å². The van der Waals surface area contributed by atoms with Crippen molar-refractivity contribution in [2.45, 2.75) is 33.1 Å². The summed E-state index contributed by atoms with van der Waals surface area (Å²) in [6.07, 6.45) is 4.07. The molecule has 136 valence electrons. The Morgan fingerprint density at radius 3 is 2.76 bits per heavy atom. The molecule has 0 saturated heterocycles. The first-order chi connectivity index (χ1) is 12.1. The highest BCUT2D eigenvalue weighted by molar-refractivity contribution is 6.38. The number of carbonyl (C=O) groups excluding carboxylic acids is 1. The fourth-order valence-corrected chi connectivity index (χ4v) is 2.63. The van der Waals surface area contributed by atoms with E-state index in [2.05, 4.69) is 17.2 Å². The Morgan fingerprint density at radius 2 is 2.08 bits per heavy atom. The molecule has 0 bridgehead atoms. The third kappa shape index (κ3) is 4.66. The lowest BCUT2D eigenvalue weighted by atomic mass is 10.1. The zero-order valence-corrected chi connectivity index (χ0v) is 15.5. The molecule has 0 fully saturated rings. The van der Waals surface area contributed by atoms with E-state index in [0.717, 1.165) is 19.3 Å². The number of nitrogens with one attached hydrogen (secondary N) is 1. The van der Waals surface area contributed by atoms with Crippen molar-refractivity contribution in [1.29, 1.82) is 0 Å². The van der Waals surface area contributed by atoms with Gasteiger partial charge in [-0.3, -0.25) is 5.32 Å². The SMILES string of the molecule is CCCCCOc1c(OC)ccc2c(Cl)c(NC(=O)OCC)cnc12. The van der Waals surface area contributed by atoms with Crippen LogP contribution in [0.25, 0.3) is 10.9 Å². The fourth-order valence-electron chi connectivity index (χ4n) is 2.38. The average molecular weight is 367 g/mol. The van der Waals surface area contributed by atoms with E-state index in [0.29, 0.717) is 39.7 Å². The number of carbonyl (C=O) groups is 1. The lowest BCUT2D eigenvalue weighted by molar-refractivity contribution is 0.168. The van der Waals surface area contributed by atoms with E-state index in [1.54, 1.807) is 26.2 Å². The Bertz CT molecular complexity index is 737. The van der Waals surface area contributed by atoms with Gasteiger partial charge < -0.3 is 14.2 Å². The smallest absolute Gasteiger partial charge is 0.411 e. The van der Waals surface area contributed by atoms with Gasteiger partial charge >= 0.3 is 6.09 Å². The number of anilines is 1. The molecule has 1 N–H and O–H groups in total. The number of benzene rings is 1. The van der Waals surface area contributed by atoms with Crippen molar-refractivity contribution < 1.29 is 19.0 Å². The highest BCUT2D eigenvalue weighted by Gasteiger charge is 2.16. The Hall–Kier alpha value is -2.21. The second kappa shape index (κ2) is 9.32. The number of methoxy groups -OCH3 is 1. The molecule has 0 aliphatic heterocycles. The van der Waals surface area contributed by atoms with Gasteiger partial charge in [-0.2, -0.15) is 0 Å². The first-order valence-electron chi connectivity index (χ1n) is 8.34. The van der Waals surface area contributed by atoms with Crippen LogP contribution in [-0.2, 0) is 4.74 Å². The maximum Gasteiger partial charge on any atom is 0.411 e. The lowest BCUT2D eigenvalue weighted by Crippen LogP contribution is -2.14. The van der Waals surface area contributed by atoms with Crippen LogP contribution in [0.15, 0.2) is 18.3 Å². The average Bonchev–Trinajstić information content (AvgIpc) is 2.61. The summed E-state index contributed by atoms with van der Waals surface area (Å²) >= 11 is 6.43. The Morgan fingerprint density at radius 1 is 1.28 bits per heavy atom. The molecule has 25 heavy (non-hydrogen) atoms. The predicted molar refractivity (Wildman–Crippen MR) is 99.0 cm³/mol. The van der Waals surface area contributed by atoms with Crippen LogP contribution in [0.3, 0.4) is 0 Å². The molecule has 6 nitrogen and oxygen atoms in total. The largest absolute Gasteiger partial charge is 0.493 e. The van der Waals surface area contributed by atoms with Crippen LogP contribution in [0, 0.1) is 0 Å². The van der Waals surface area contributed by atoms with Gasteiger partial charge in [0.2, 0.25) is 0 Å². The maximum absolute atomic E-state index is 11.6. The molecule has 0 spiro atoms. The van der Waals surface area contributed by atoms with E-state index in [9.17, 15) is 4.79 Å². The van der Waals surface area contributed by atoms with Crippen molar-refractivity contribution in [1.82, 2.24) is 4.98 Å². The van der Waals surface area contributed by atoms with Crippen molar-refractivity contribution in [3.05, 3.63) is 23.4 Å². The van der Waals surface area contributed by atoms with E-state index in [1.807, 2.05) is 0 Å². The van der Waals surface area contributed by atoms with Crippen molar-refractivity contribution >= 4 is 34.3 Å². The number of pyridine rings is 1. The number of hydrogen-bond acceptors (Lipinski definition) is 5. The predicted octanol–water partition coefficient (Wildman–Crippen LogP) is 5.03. The first kappa shape index (κ1) is 19.1. The molecule has 0 radical (unpaired) electrons. The molecule has 0 atom stereocenters. The molecule has 1 amide bonds. The standard InChI is InChI=1S/C18H23ClN2O4/c1-4-6-7-10-25-17-14(23-3)9-8-12-15(19)13(11-20-16(12)17)21-18(22)24-5-2/h8-9,11H,4-7,10H2,1-3H3,(H,21,22). The number of hydrogen-bond donors (Lipinski definition) is 1. The summed E-state index contributed by atoms with van der Waals surface area (Å²) in [5.74, 6) is 1.15. The van der Waals surface area contributed by atoms with Crippen LogP contribution in [0.2, 0.25) is 5.02 Å². The van der Waals surface area contributed by atoms with Crippen LogP contribution >= 0.6 is 11.6 Å². The number of unbranched alkanes of at least 4 members (excludes halogenated alkanes) is 2. The topological polar surface area (TPSA) is 69.7 Å². The second-order valence-electron chi connectivity index (χ2n) is 5.38. The minimum absolute atomic E-state index is 0.275. The number of ether oxygens (including phenoxy) is 3. The number of aromatic nitrogens is 1. The van der Waals surface area contributed by atoms with Crippen LogP contribution in [0.4, 0.5) is 10.5 Å². The summed E-state index contributed by atoms with van der Waals surface area (Å²) in [7, 11) is 1.58. The number of nitrogens with zero attached hydrogens (tertiary/aromatic N) is 1. The summed E-state index contributed by atoms with van der Waals surface area (Å²) in [6, 6.07) is 3.57. The highest BCUT2D eigenvalue weighted by atomic mass is 35.5. The maximum atomic E-state index is 11.6. The highest BCUT2D eigenvalue weighted by Crippen LogP contribution is 2.39. The fraction of sp³-hybridized carbons (Fsp3) is 0.444. The zero-order valence-electron chi connectivity index (χ0n) is 14.7. The van der Waals surface area contributed by atoms with E-state index in [4.69, 9.17) is 25.8 Å². The summed E-state index contributed by atoms with van der Waals surface area (Å²) in [5, 5.41) is 3.63. The van der Waals surface area contributed by atoms with Crippen molar-refractivity contribution in [2.24, 2.45) is 0 Å². The number of rotatable bonds is 8. The molecule has 0 unspecified atom stereocenters. The normalized spacial score (nSPS) is 10.6. The summed E-state index contributed by atoms with van der Waals surface area (Å²) < 4.78 is 16.1. The summed E-state index contributed by atoms with van der Waals surface area (Å²) in [5.41, 5.74) is 0.977. The first-order valence-corrected chi connectivity index (χ1v) is 8.71. The molecule has 0 saturated carbocycles. The van der Waals surface area contributed by atoms with E-state index < -0.39 is 6.09 Å². The Kier molecular flexibility index (Phi) is 7.13. The minimum Gasteiger partial charge on any atom is -0.493 e. The van der Waals surface area contributed by atoms with Gasteiger partial charge in [0, 0.05) is 5.39 Å². The van der Waals surface area contributed by atoms with E-state index >= 15 is 0 Å². The quantitative estimate of drug-likeness (QED) is 0.663. The lowest BCUT2D eigenvalue weighted by Gasteiger charge is -2.15. The zero-order chi connectivity index (χ0) is 18.2. The van der Waals surface area contributed by atoms with Crippen molar-refractivity contribution in [3.8, 4) is 11.5 Å². The van der Waals surface area contributed by atoms with Crippen molar-refractivity contribution in [3.63, 3.8) is 0 Å². The molecule has 0 aliphatic rings. The van der Waals surface area contributed by atoms with Gasteiger partial charge in [0.1, 0.15) is 5.52 Å². The van der Waals surface area contributed by atoms with Gasteiger partial charge in [-0.25, -0.2) is 9.78 Å². The monoisotopic (exact) mass is 366 g/mol. The van der Waals surface area contributed by atoms with Gasteiger partial charge in [0.25, 0.3) is 0 Å². The van der Waals surface area contributed by atoms with Crippen LogP contribution in [-0.4, -0.2) is 31.4 Å². The van der Waals surface area contributed by atoms with Gasteiger partial charge in [-0.15, -0.1) is 0 Å². The molecule has 1 aromatic carbocycles. The molecule has 2 aromatic rings. The molecule has 2 rings (SSSR count). The second-order valence-corrected chi connectivity index (χ2v) is 5.76. The van der Waals surface area contributed by atoms with Gasteiger partial charge in [-0.1, -0.05) is 31.4 Å². The molecule has 1 heterocycles. The molecule has 0 aliphatic carbocycles. The number of amides is 1. The molecule has 7 heteroatoms. The number of fused-ring (bicyclic) bond motifs is 1. The molecular formula is C18H23ClN2O4. The number of halogens is 1. The van der Waals surface area contributed by atoms with Gasteiger partial charge in [0.15, 0.2) is 11.5 Å². The van der Waals surface area contributed by atoms with E-state index in [1.165, 1.54) is 6.20 Å². The summed E-state index contributed by atoms with van der Waals surface area (Å²) in [4.78, 5) is 16.0. The summed E-state index contributed by atoms with van der Waals surface area (Å²) in [6.45, 7) is 4.72. The van der Waals surface area contributed by atoms with Crippen molar-refractivity contribution in [2.75, 3.05) is 25.6 Å². The van der Waals surface area contributed by atoms with E-state index in [-0.39, 0.29) is 6.61 Å². The Balaban J connectivity index is 2.36. The Labute approximate surface area is 152 Å². The molecular weight excluding hydrogens is 344 g/mol.